The SMILES string of the molecule is CC1(c2ccccc2)c2ccccc2C(C)(c2ccccc2)N1[O]. The molecule has 1 aliphatic rings. The van der Waals surface area contributed by atoms with Gasteiger partial charge < -0.3 is 0 Å². The highest BCUT2D eigenvalue weighted by Crippen LogP contribution is 2.54. The quantitative estimate of drug-likeness (QED) is 0.661. The summed E-state index contributed by atoms with van der Waals surface area (Å²) in [6.07, 6.45) is 0. The molecule has 1 aliphatic heterocycles. The Bertz CT molecular complexity index is 789. The Balaban J connectivity index is 2.01. The zero-order valence-corrected chi connectivity index (χ0v) is 13.9. The van der Waals surface area contributed by atoms with E-state index in [9.17, 15) is 5.21 Å². The van der Waals surface area contributed by atoms with Gasteiger partial charge in [0.05, 0.1) is 11.1 Å². The Hall–Kier alpha value is -2.42. The summed E-state index contributed by atoms with van der Waals surface area (Å²) in [5, 5.41) is 15.0. The van der Waals surface area contributed by atoms with Crippen LogP contribution in [0, 0.1) is 0 Å². The molecule has 0 aromatic heterocycles. The van der Waals surface area contributed by atoms with Crippen LogP contribution in [0.2, 0.25) is 0 Å². The van der Waals surface area contributed by atoms with Crippen molar-refractivity contribution in [3.63, 3.8) is 0 Å². The first-order valence-corrected chi connectivity index (χ1v) is 8.28. The predicted octanol–water partition coefficient (Wildman–Crippen LogP) is 4.87. The van der Waals surface area contributed by atoms with Crippen LogP contribution in [-0.4, -0.2) is 5.06 Å². The monoisotopic (exact) mass is 314 g/mol. The average Bonchev–Trinajstić information content (AvgIpc) is 2.84. The van der Waals surface area contributed by atoms with Crippen molar-refractivity contribution in [2.45, 2.75) is 24.9 Å². The number of hydrogen-bond acceptors (Lipinski definition) is 1. The van der Waals surface area contributed by atoms with Gasteiger partial charge in [-0.2, -0.15) is 0 Å². The van der Waals surface area contributed by atoms with Gasteiger partial charge in [-0.1, -0.05) is 84.9 Å². The highest BCUT2D eigenvalue weighted by Gasteiger charge is 2.56. The summed E-state index contributed by atoms with van der Waals surface area (Å²) in [6.45, 7) is 4.06. The zero-order chi connectivity index (χ0) is 16.8. The van der Waals surface area contributed by atoms with Gasteiger partial charge in [0.25, 0.3) is 0 Å². The van der Waals surface area contributed by atoms with E-state index in [0.717, 1.165) is 22.3 Å². The predicted molar refractivity (Wildman–Crippen MR) is 94.8 cm³/mol. The summed E-state index contributed by atoms with van der Waals surface area (Å²) in [5.74, 6) is 0. The van der Waals surface area contributed by atoms with E-state index in [1.807, 2.05) is 86.6 Å². The van der Waals surface area contributed by atoms with Crippen LogP contribution in [0.25, 0.3) is 0 Å². The summed E-state index contributed by atoms with van der Waals surface area (Å²) >= 11 is 0. The largest absolute Gasteiger partial charge is 0.126 e. The number of benzene rings is 3. The standard InChI is InChI=1S/C22H20NO/c1-21(17-11-5-3-6-12-17)19-15-9-10-16-20(19)22(2,23(21)24)18-13-7-4-8-14-18/h3-16H,1-2H3. The topological polar surface area (TPSA) is 23.1 Å². The minimum Gasteiger partial charge on any atom is -0.126 e. The Morgan fingerprint density at radius 1 is 0.583 bits per heavy atom. The first-order chi connectivity index (χ1) is 11.6. The van der Waals surface area contributed by atoms with E-state index >= 15 is 0 Å². The maximum atomic E-state index is 13.7. The molecule has 0 amide bonds. The number of fused-ring (bicyclic) bond motifs is 1. The van der Waals surface area contributed by atoms with Crippen molar-refractivity contribution in [1.29, 1.82) is 0 Å². The van der Waals surface area contributed by atoms with Crippen LogP contribution in [0.1, 0.15) is 36.1 Å². The third-order valence-electron chi connectivity index (χ3n) is 5.46. The normalized spacial score (nSPS) is 26.3. The first-order valence-electron chi connectivity index (χ1n) is 8.28. The summed E-state index contributed by atoms with van der Waals surface area (Å²) in [5.41, 5.74) is 2.79. The molecule has 0 saturated carbocycles. The molecule has 3 aromatic carbocycles. The van der Waals surface area contributed by atoms with Crippen LogP contribution >= 0.6 is 0 Å². The van der Waals surface area contributed by atoms with Crippen molar-refractivity contribution in [3.05, 3.63) is 107 Å². The molecule has 1 heterocycles. The van der Waals surface area contributed by atoms with E-state index < -0.39 is 11.1 Å². The fourth-order valence-electron chi connectivity index (χ4n) is 4.07. The molecule has 119 valence electrons. The maximum absolute atomic E-state index is 13.7. The molecule has 2 nitrogen and oxygen atoms in total. The van der Waals surface area contributed by atoms with Crippen molar-refractivity contribution in [2.75, 3.05) is 0 Å². The van der Waals surface area contributed by atoms with Gasteiger partial charge in [0.2, 0.25) is 0 Å². The van der Waals surface area contributed by atoms with Crippen molar-refractivity contribution < 1.29 is 5.21 Å². The Morgan fingerprint density at radius 3 is 1.29 bits per heavy atom. The Labute approximate surface area is 143 Å². The molecule has 2 heteroatoms. The summed E-state index contributed by atoms with van der Waals surface area (Å²) in [4.78, 5) is 0. The van der Waals surface area contributed by atoms with E-state index in [4.69, 9.17) is 0 Å². The van der Waals surface area contributed by atoms with Gasteiger partial charge in [0, 0.05) is 0 Å². The summed E-state index contributed by atoms with van der Waals surface area (Å²) < 4.78 is 0. The highest BCUT2D eigenvalue weighted by atomic mass is 16.5. The van der Waals surface area contributed by atoms with Gasteiger partial charge in [0.1, 0.15) is 0 Å². The molecule has 24 heavy (non-hydrogen) atoms. The molecule has 2 atom stereocenters. The molecule has 0 N–H and O–H groups in total. The lowest BCUT2D eigenvalue weighted by Gasteiger charge is -2.38. The molecule has 0 saturated heterocycles. The van der Waals surface area contributed by atoms with Crippen molar-refractivity contribution in [2.24, 2.45) is 0 Å². The molecule has 4 rings (SSSR count). The number of hydroxylamine groups is 2. The minimum atomic E-state index is -0.706. The maximum Gasteiger partial charge on any atom is 0.0980 e. The minimum absolute atomic E-state index is 0.706. The fraction of sp³-hybridized carbons (Fsp3) is 0.182. The molecular formula is C22H20NO. The van der Waals surface area contributed by atoms with Crippen LogP contribution in [-0.2, 0) is 16.3 Å². The lowest BCUT2D eigenvalue weighted by Crippen LogP contribution is -2.46. The Kier molecular flexibility index (Phi) is 3.34. The van der Waals surface area contributed by atoms with Crippen molar-refractivity contribution in [3.8, 4) is 0 Å². The number of rotatable bonds is 2. The van der Waals surface area contributed by atoms with Gasteiger partial charge in [0.15, 0.2) is 0 Å². The molecular weight excluding hydrogens is 294 g/mol. The fourth-order valence-corrected chi connectivity index (χ4v) is 4.07. The van der Waals surface area contributed by atoms with Gasteiger partial charge in [-0.15, -0.1) is 10.3 Å². The average molecular weight is 314 g/mol. The second-order valence-electron chi connectivity index (χ2n) is 6.72. The van der Waals surface area contributed by atoms with Gasteiger partial charge in [-0.25, -0.2) is 0 Å². The van der Waals surface area contributed by atoms with E-state index in [2.05, 4.69) is 12.1 Å². The van der Waals surface area contributed by atoms with E-state index in [-0.39, 0.29) is 0 Å². The van der Waals surface area contributed by atoms with Gasteiger partial charge in [-0.3, -0.25) is 0 Å². The van der Waals surface area contributed by atoms with Crippen LogP contribution < -0.4 is 0 Å². The van der Waals surface area contributed by atoms with Crippen LogP contribution in [0.5, 0.6) is 0 Å². The Morgan fingerprint density at radius 2 is 0.917 bits per heavy atom. The van der Waals surface area contributed by atoms with Crippen LogP contribution in [0.15, 0.2) is 84.9 Å². The smallest absolute Gasteiger partial charge is 0.0980 e. The third-order valence-corrected chi connectivity index (χ3v) is 5.46. The van der Waals surface area contributed by atoms with Gasteiger partial charge >= 0.3 is 0 Å². The lowest BCUT2D eigenvalue weighted by molar-refractivity contribution is -0.253. The van der Waals surface area contributed by atoms with Gasteiger partial charge in [-0.05, 0) is 36.1 Å². The van der Waals surface area contributed by atoms with Crippen LogP contribution in [0.4, 0.5) is 0 Å². The molecule has 2 unspecified atom stereocenters. The van der Waals surface area contributed by atoms with E-state index in [1.165, 1.54) is 5.06 Å². The highest BCUT2D eigenvalue weighted by molar-refractivity contribution is 5.54. The molecule has 0 aliphatic carbocycles. The number of hydrogen-bond donors (Lipinski definition) is 0. The van der Waals surface area contributed by atoms with E-state index in [1.54, 1.807) is 0 Å². The second-order valence-corrected chi connectivity index (χ2v) is 6.72. The van der Waals surface area contributed by atoms with Crippen molar-refractivity contribution >= 4 is 0 Å². The molecule has 0 fully saturated rings. The lowest BCUT2D eigenvalue weighted by atomic mass is 9.83. The second kappa shape index (κ2) is 5.30. The summed E-state index contributed by atoms with van der Waals surface area (Å²) in [6, 6.07) is 28.3. The zero-order valence-electron chi connectivity index (χ0n) is 13.9. The first kappa shape index (κ1) is 15.1. The van der Waals surface area contributed by atoms with Crippen molar-refractivity contribution in [1.82, 2.24) is 5.06 Å². The molecule has 0 bridgehead atoms. The number of nitrogens with zero attached hydrogens (tertiary/aromatic N) is 1. The molecule has 3 aromatic rings. The van der Waals surface area contributed by atoms with Crippen LogP contribution in [0.3, 0.4) is 0 Å². The van der Waals surface area contributed by atoms with E-state index in [0.29, 0.717) is 0 Å². The molecule has 1 radical (unpaired) electrons. The third kappa shape index (κ3) is 1.84. The summed E-state index contributed by atoms with van der Waals surface area (Å²) in [7, 11) is 0. The molecule has 0 spiro atoms.